The zero-order valence-electron chi connectivity index (χ0n) is 11.8. The van der Waals surface area contributed by atoms with Gasteiger partial charge in [-0.1, -0.05) is 24.6 Å². The quantitative estimate of drug-likeness (QED) is 0.820. The SMILES string of the molecule is CCC(C)N(CC(=O)O)C(=O)/C=C/c1c(F)cccc1Cl. The summed E-state index contributed by atoms with van der Waals surface area (Å²) in [4.78, 5) is 24.1. The Kier molecular flexibility index (Phi) is 6.37. The van der Waals surface area contributed by atoms with Gasteiger partial charge in [-0.25, -0.2) is 4.39 Å². The van der Waals surface area contributed by atoms with Crippen LogP contribution < -0.4 is 0 Å². The number of carboxylic acids is 1. The van der Waals surface area contributed by atoms with Crippen LogP contribution in [0, 0.1) is 5.82 Å². The van der Waals surface area contributed by atoms with E-state index in [0.29, 0.717) is 6.42 Å². The molecule has 0 spiro atoms. The molecule has 1 unspecified atom stereocenters. The summed E-state index contributed by atoms with van der Waals surface area (Å²) in [6.45, 7) is 3.21. The normalized spacial score (nSPS) is 12.4. The summed E-state index contributed by atoms with van der Waals surface area (Å²) in [5, 5.41) is 9.04. The fourth-order valence-electron chi connectivity index (χ4n) is 1.74. The molecule has 1 N–H and O–H groups in total. The molecule has 0 aliphatic carbocycles. The van der Waals surface area contributed by atoms with Crippen LogP contribution in [0.4, 0.5) is 4.39 Å². The van der Waals surface area contributed by atoms with E-state index in [9.17, 15) is 14.0 Å². The maximum atomic E-state index is 13.6. The van der Waals surface area contributed by atoms with Crippen molar-refractivity contribution in [3.8, 4) is 0 Å². The highest BCUT2D eigenvalue weighted by molar-refractivity contribution is 6.32. The average Bonchev–Trinajstić information content (AvgIpc) is 2.43. The van der Waals surface area contributed by atoms with E-state index in [0.717, 1.165) is 6.08 Å². The first-order valence-electron chi connectivity index (χ1n) is 6.51. The van der Waals surface area contributed by atoms with E-state index in [4.69, 9.17) is 16.7 Å². The Balaban J connectivity index is 2.95. The third-order valence-electron chi connectivity index (χ3n) is 3.10. The summed E-state index contributed by atoms with van der Waals surface area (Å²) in [6, 6.07) is 3.99. The van der Waals surface area contributed by atoms with Crippen molar-refractivity contribution in [1.82, 2.24) is 4.90 Å². The number of rotatable bonds is 6. The van der Waals surface area contributed by atoms with E-state index in [2.05, 4.69) is 0 Å². The Hall–Kier alpha value is -1.88. The number of benzene rings is 1. The van der Waals surface area contributed by atoms with Crippen molar-refractivity contribution in [2.45, 2.75) is 26.3 Å². The van der Waals surface area contributed by atoms with Crippen molar-refractivity contribution in [3.63, 3.8) is 0 Å². The number of halogens is 2. The van der Waals surface area contributed by atoms with E-state index in [1.54, 1.807) is 6.92 Å². The molecule has 1 aromatic rings. The van der Waals surface area contributed by atoms with Crippen LogP contribution in [0.2, 0.25) is 5.02 Å². The van der Waals surface area contributed by atoms with Crippen LogP contribution in [0.3, 0.4) is 0 Å². The summed E-state index contributed by atoms with van der Waals surface area (Å²) in [5.74, 6) is -2.13. The van der Waals surface area contributed by atoms with Crippen LogP contribution in [0.15, 0.2) is 24.3 Å². The molecule has 1 atom stereocenters. The van der Waals surface area contributed by atoms with E-state index in [1.165, 1.54) is 29.2 Å². The summed E-state index contributed by atoms with van der Waals surface area (Å²) < 4.78 is 13.6. The molecule has 0 radical (unpaired) electrons. The number of nitrogens with zero attached hydrogens (tertiary/aromatic N) is 1. The lowest BCUT2D eigenvalue weighted by Crippen LogP contribution is -2.40. The zero-order valence-corrected chi connectivity index (χ0v) is 12.6. The second-order valence-corrected chi connectivity index (χ2v) is 4.99. The lowest BCUT2D eigenvalue weighted by molar-refractivity contribution is -0.144. The fraction of sp³-hybridized carbons (Fsp3) is 0.333. The minimum atomic E-state index is -1.10. The van der Waals surface area contributed by atoms with Crippen LogP contribution in [0.1, 0.15) is 25.8 Å². The van der Waals surface area contributed by atoms with Crippen molar-refractivity contribution in [2.75, 3.05) is 6.54 Å². The fourth-order valence-corrected chi connectivity index (χ4v) is 1.96. The second kappa shape index (κ2) is 7.78. The summed E-state index contributed by atoms with van der Waals surface area (Å²) in [7, 11) is 0. The molecule has 4 nitrogen and oxygen atoms in total. The first-order chi connectivity index (χ1) is 9.86. The van der Waals surface area contributed by atoms with Crippen molar-refractivity contribution < 1.29 is 19.1 Å². The van der Waals surface area contributed by atoms with Gasteiger partial charge in [0.1, 0.15) is 12.4 Å². The van der Waals surface area contributed by atoms with E-state index < -0.39 is 24.2 Å². The zero-order chi connectivity index (χ0) is 16.0. The van der Waals surface area contributed by atoms with Crippen LogP contribution >= 0.6 is 11.6 Å². The standard InChI is InChI=1S/C15H17ClFNO3/c1-3-10(2)18(9-15(20)21)14(19)8-7-11-12(16)5-4-6-13(11)17/h4-8,10H,3,9H2,1-2H3,(H,20,21)/b8-7+. The van der Waals surface area contributed by atoms with Gasteiger partial charge in [-0.15, -0.1) is 0 Å². The van der Waals surface area contributed by atoms with Crippen molar-refractivity contribution in [3.05, 3.63) is 40.7 Å². The summed E-state index contributed by atoms with van der Waals surface area (Å²) >= 11 is 5.86. The van der Waals surface area contributed by atoms with Gasteiger partial charge >= 0.3 is 5.97 Å². The largest absolute Gasteiger partial charge is 0.480 e. The number of amides is 1. The second-order valence-electron chi connectivity index (χ2n) is 4.59. The monoisotopic (exact) mass is 313 g/mol. The van der Waals surface area contributed by atoms with Gasteiger partial charge < -0.3 is 10.0 Å². The van der Waals surface area contributed by atoms with Gasteiger partial charge in [0.25, 0.3) is 0 Å². The van der Waals surface area contributed by atoms with E-state index in [1.807, 2.05) is 6.92 Å². The van der Waals surface area contributed by atoms with E-state index >= 15 is 0 Å². The average molecular weight is 314 g/mol. The number of aliphatic carboxylic acids is 1. The Morgan fingerprint density at radius 3 is 2.67 bits per heavy atom. The molecule has 114 valence electrons. The van der Waals surface area contributed by atoms with Gasteiger partial charge in [-0.2, -0.15) is 0 Å². The lowest BCUT2D eigenvalue weighted by atomic mass is 10.1. The molecule has 1 rings (SSSR count). The van der Waals surface area contributed by atoms with Gasteiger partial charge in [0, 0.05) is 17.7 Å². The van der Waals surface area contributed by atoms with Crippen LogP contribution in [-0.4, -0.2) is 34.5 Å². The molecule has 0 fully saturated rings. The molecule has 0 saturated carbocycles. The summed E-state index contributed by atoms with van der Waals surface area (Å²) in [5.41, 5.74) is 0.104. The first-order valence-corrected chi connectivity index (χ1v) is 6.89. The Labute approximate surface area is 127 Å². The molecule has 0 heterocycles. The molecule has 0 saturated heterocycles. The van der Waals surface area contributed by atoms with Crippen molar-refractivity contribution in [1.29, 1.82) is 0 Å². The van der Waals surface area contributed by atoms with Gasteiger partial charge in [0.05, 0.1) is 5.02 Å². The minimum absolute atomic E-state index is 0.104. The summed E-state index contributed by atoms with van der Waals surface area (Å²) in [6.07, 6.45) is 3.02. The van der Waals surface area contributed by atoms with Crippen molar-refractivity contribution >= 4 is 29.6 Å². The molecule has 21 heavy (non-hydrogen) atoms. The number of hydrogen-bond donors (Lipinski definition) is 1. The number of hydrogen-bond acceptors (Lipinski definition) is 2. The number of carbonyl (C=O) groups is 2. The predicted octanol–water partition coefficient (Wildman–Crippen LogP) is 3.20. The molecule has 1 amide bonds. The van der Waals surface area contributed by atoms with Gasteiger partial charge in [-0.3, -0.25) is 9.59 Å². The maximum absolute atomic E-state index is 13.6. The van der Waals surface area contributed by atoms with Crippen LogP contribution in [-0.2, 0) is 9.59 Å². The highest BCUT2D eigenvalue weighted by Gasteiger charge is 2.19. The first kappa shape index (κ1) is 17.2. The van der Waals surface area contributed by atoms with Gasteiger partial charge in [0.2, 0.25) is 5.91 Å². The molecule has 0 aromatic heterocycles. The Morgan fingerprint density at radius 2 is 2.14 bits per heavy atom. The predicted molar refractivity (Wildman–Crippen MR) is 79.5 cm³/mol. The Bertz CT molecular complexity index is 540. The highest BCUT2D eigenvalue weighted by atomic mass is 35.5. The topological polar surface area (TPSA) is 57.6 Å². The third-order valence-corrected chi connectivity index (χ3v) is 3.43. The van der Waals surface area contributed by atoms with Gasteiger partial charge in [0.15, 0.2) is 0 Å². The molecule has 6 heteroatoms. The van der Waals surface area contributed by atoms with E-state index in [-0.39, 0.29) is 16.6 Å². The molecule has 0 aliphatic rings. The highest BCUT2D eigenvalue weighted by Crippen LogP contribution is 2.20. The molecule has 1 aromatic carbocycles. The molecular weight excluding hydrogens is 297 g/mol. The van der Waals surface area contributed by atoms with Crippen molar-refractivity contribution in [2.24, 2.45) is 0 Å². The van der Waals surface area contributed by atoms with Crippen LogP contribution in [0.5, 0.6) is 0 Å². The molecule has 0 aliphatic heterocycles. The maximum Gasteiger partial charge on any atom is 0.323 e. The third kappa shape index (κ3) is 4.86. The molecule has 0 bridgehead atoms. The molecular formula is C15H17ClFNO3. The smallest absolute Gasteiger partial charge is 0.323 e. The Morgan fingerprint density at radius 1 is 1.48 bits per heavy atom. The number of carbonyl (C=O) groups excluding carboxylic acids is 1. The van der Waals surface area contributed by atoms with Gasteiger partial charge in [-0.05, 0) is 31.6 Å². The lowest BCUT2D eigenvalue weighted by Gasteiger charge is -2.25. The number of carboxylic acid groups (broad SMARTS) is 1. The van der Waals surface area contributed by atoms with Crippen LogP contribution in [0.25, 0.3) is 6.08 Å². The minimum Gasteiger partial charge on any atom is -0.480 e.